The average Bonchev–Trinajstić information content (AvgIpc) is 2.09. The highest BCUT2D eigenvalue weighted by atomic mass is 19.4. The third kappa shape index (κ3) is 1.82. The minimum atomic E-state index is -6.12. The molecule has 0 saturated carbocycles. The highest BCUT2D eigenvalue weighted by Crippen LogP contribution is 2.42. The molecule has 90 valence electrons. The monoisotopic (exact) mass is 248 g/mol. The molecule has 0 unspecified atom stereocenters. The second-order valence-corrected chi connectivity index (χ2v) is 2.67. The smallest absolute Gasteiger partial charge is 0.303 e. The lowest BCUT2D eigenvalue weighted by Crippen LogP contribution is -2.40. The maximum absolute atomic E-state index is 12.7. The van der Waals surface area contributed by atoms with Crippen molar-refractivity contribution in [3.05, 3.63) is 32.3 Å². The molecule has 0 atom stereocenters. The molecule has 0 saturated heterocycles. The van der Waals surface area contributed by atoms with Crippen LogP contribution in [-0.4, -0.2) is 16.1 Å². The van der Waals surface area contributed by atoms with E-state index < -0.39 is 34.9 Å². The van der Waals surface area contributed by atoms with Crippen molar-refractivity contribution in [2.75, 3.05) is 0 Å². The Morgan fingerprint density at radius 2 is 1.44 bits per heavy atom. The number of rotatable bonds is 1. The van der Waals surface area contributed by atoms with Crippen molar-refractivity contribution in [1.82, 2.24) is 9.97 Å². The van der Waals surface area contributed by atoms with Crippen molar-refractivity contribution in [3.8, 4) is 0 Å². The summed E-state index contributed by atoms with van der Waals surface area (Å²) in [7, 11) is 0. The molecule has 1 rings (SSSR count). The van der Waals surface area contributed by atoms with Gasteiger partial charge in [-0.25, -0.2) is 4.79 Å². The molecule has 0 bridgehead atoms. The molecule has 1 aromatic rings. The summed E-state index contributed by atoms with van der Waals surface area (Å²) in [4.78, 5) is 23.0. The predicted octanol–water partition coefficient (Wildman–Crippen LogP) is 0.856. The number of nitrogens with one attached hydrogen (secondary N) is 2. The van der Waals surface area contributed by atoms with Crippen LogP contribution in [0.4, 0.5) is 26.3 Å². The van der Waals surface area contributed by atoms with Gasteiger partial charge in [0.25, 0.3) is 5.56 Å². The van der Waals surface area contributed by atoms with Gasteiger partial charge >= 0.3 is 17.8 Å². The lowest BCUT2D eigenvalue weighted by Gasteiger charge is -2.19. The van der Waals surface area contributed by atoms with E-state index in [4.69, 9.17) is 0 Å². The van der Waals surface area contributed by atoms with Crippen LogP contribution in [0.25, 0.3) is 0 Å². The molecule has 0 radical (unpaired) electrons. The number of hydrogen-bond donors (Lipinski definition) is 2. The molecular weight excluding hydrogens is 246 g/mol. The Hall–Kier alpha value is -1.74. The molecule has 0 aromatic carbocycles. The molecule has 16 heavy (non-hydrogen) atoms. The molecule has 1 aromatic heterocycles. The molecule has 0 aliphatic carbocycles. The molecule has 0 fully saturated rings. The topological polar surface area (TPSA) is 65.7 Å². The van der Waals surface area contributed by atoms with Gasteiger partial charge in [-0.05, 0) is 0 Å². The molecule has 0 aliphatic rings. The van der Waals surface area contributed by atoms with E-state index in [0.29, 0.717) is 0 Å². The van der Waals surface area contributed by atoms with Crippen LogP contribution in [0.1, 0.15) is 5.69 Å². The summed E-state index contributed by atoms with van der Waals surface area (Å²) in [6, 6.07) is 0. The van der Waals surface area contributed by atoms with Gasteiger partial charge in [0.15, 0.2) is 0 Å². The first-order valence-corrected chi connectivity index (χ1v) is 3.54. The van der Waals surface area contributed by atoms with Crippen molar-refractivity contribution in [3.63, 3.8) is 0 Å². The van der Waals surface area contributed by atoms with Gasteiger partial charge in [-0.1, -0.05) is 0 Å². The summed E-state index contributed by atoms with van der Waals surface area (Å²) < 4.78 is 73.3. The van der Waals surface area contributed by atoms with Crippen molar-refractivity contribution >= 4 is 0 Å². The van der Waals surface area contributed by atoms with Crippen LogP contribution in [0.5, 0.6) is 0 Å². The van der Waals surface area contributed by atoms with Gasteiger partial charge in [0.2, 0.25) is 5.82 Å². The zero-order chi connectivity index (χ0) is 12.7. The molecule has 4 nitrogen and oxygen atoms in total. The Morgan fingerprint density at radius 3 is 1.88 bits per heavy atom. The molecule has 0 spiro atoms. The predicted molar refractivity (Wildman–Crippen MR) is 37.6 cm³/mol. The minimum Gasteiger partial charge on any atom is -0.303 e. The summed E-state index contributed by atoms with van der Waals surface area (Å²) in [6.45, 7) is 0. The average molecular weight is 248 g/mol. The van der Waals surface area contributed by atoms with E-state index in [2.05, 4.69) is 0 Å². The van der Waals surface area contributed by atoms with Crippen LogP contribution in [0.3, 0.4) is 0 Å². The quantitative estimate of drug-likeness (QED) is 0.724. The van der Waals surface area contributed by atoms with Crippen molar-refractivity contribution < 1.29 is 26.3 Å². The lowest BCUT2D eigenvalue weighted by atomic mass is 10.2. The highest BCUT2D eigenvalue weighted by molar-refractivity contribution is 5.11. The summed E-state index contributed by atoms with van der Waals surface area (Å²) in [5, 5.41) is 0. The summed E-state index contributed by atoms with van der Waals surface area (Å²) in [5.74, 6) is -8.04. The summed E-state index contributed by atoms with van der Waals surface area (Å²) in [5.41, 5.74) is -6.03. The second kappa shape index (κ2) is 3.39. The van der Waals surface area contributed by atoms with Gasteiger partial charge in [-0.2, -0.15) is 26.3 Å². The van der Waals surface area contributed by atoms with Gasteiger partial charge in [0.05, 0.1) is 0 Å². The van der Waals surface area contributed by atoms with Crippen LogP contribution in [0.2, 0.25) is 0 Å². The maximum atomic E-state index is 12.7. The van der Waals surface area contributed by atoms with Gasteiger partial charge in [-0.3, -0.25) is 9.78 Å². The van der Waals surface area contributed by atoms with E-state index >= 15 is 0 Å². The van der Waals surface area contributed by atoms with Gasteiger partial charge in [-0.15, -0.1) is 0 Å². The Balaban J connectivity index is 3.57. The standard InChI is InChI=1S/C6H2F6N2O2/c7-1-2(5(8,9)6(10,11)12)13-4(16)14-3(1)15/h(H2,13,14,15,16). The third-order valence-electron chi connectivity index (χ3n) is 1.55. The van der Waals surface area contributed by atoms with E-state index in [0.717, 1.165) is 9.97 Å². The number of aromatic amines is 2. The minimum absolute atomic E-state index is 0.907. The molecular formula is C6H2F6N2O2. The molecule has 1 heterocycles. The van der Waals surface area contributed by atoms with Crippen LogP contribution in [-0.2, 0) is 5.92 Å². The van der Waals surface area contributed by atoms with Crippen LogP contribution < -0.4 is 11.2 Å². The largest absolute Gasteiger partial charge is 0.459 e. The number of alkyl halides is 5. The van der Waals surface area contributed by atoms with Crippen molar-refractivity contribution in [2.24, 2.45) is 0 Å². The Morgan fingerprint density at radius 1 is 0.938 bits per heavy atom. The molecule has 0 amide bonds. The number of aromatic nitrogens is 2. The summed E-state index contributed by atoms with van der Waals surface area (Å²) >= 11 is 0. The number of H-pyrrole nitrogens is 2. The second-order valence-electron chi connectivity index (χ2n) is 2.67. The first kappa shape index (κ1) is 12.3. The van der Waals surface area contributed by atoms with Crippen LogP contribution in [0, 0.1) is 5.82 Å². The van der Waals surface area contributed by atoms with E-state index in [1.54, 1.807) is 0 Å². The zero-order valence-electron chi connectivity index (χ0n) is 7.08. The van der Waals surface area contributed by atoms with E-state index in [9.17, 15) is 35.9 Å². The fraction of sp³-hybridized carbons (Fsp3) is 0.333. The van der Waals surface area contributed by atoms with Gasteiger partial charge < -0.3 is 4.98 Å². The molecule has 0 aliphatic heterocycles. The first-order chi connectivity index (χ1) is 7.07. The normalized spacial score (nSPS) is 12.9. The number of halogens is 6. The SMILES string of the molecule is O=c1[nH]c(C(F)(F)C(F)(F)F)c(F)c(=O)[nH]1. The van der Waals surface area contributed by atoms with Crippen molar-refractivity contribution in [1.29, 1.82) is 0 Å². The molecule has 10 heteroatoms. The van der Waals surface area contributed by atoms with Crippen LogP contribution >= 0.6 is 0 Å². The van der Waals surface area contributed by atoms with E-state index in [-0.39, 0.29) is 0 Å². The zero-order valence-corrected chi connectivity index (χ0v) is 7.08. The van der Waals surface area contributed by atoms with Gasteiger partial charge in [0.1, 0.15) is 5.69 Å². The summed E-state index contributed by atoms with van der Waals surface area (Å²) in [6.07, 6.45) is -6.12. The Kier molecular flexibility index (Phi) is 2.61. The van der Waals surface area contributed by atoms with E-state index in [1.807, 2.05) is 0 Å². The first-order valence-electron chi connectivity index (χ1n) is 3.54. The van der Waals surface area contributed by atoms with Gasteiger partial charge in [0, 0.05) is 0 Å². The maximum Gasteiger partial charge on any atom is 0.459 e. The number of hydrogen-bond acceptors (Lipinski definition) is 2. The van der Waals surface area contributed by atoms with Crippen LogP contribution in [0.15, 0.2) is 9.59 Å². The fourth-order valence-electron chi connectivity index (χ4n) is 0.829. The third-order valence-corrected chi connectivity index (χ3v) is 1.55. The lowest BCUT2D eigenvalue weighted by molar-refractivity contribution is -0.292. The Labute approximate surface area is 81.9 Å². The van der Waals surface area contributed by atoms with Crippen molar-refractivity contribution in [2.45, 2.75) is 12.1 Å². The van der Waals surface area contributed by atoms with E-state index in [1.165, 1.54) is 0 Å². The highest BCUT2D eigenvalue weighted by Gasteiger charge is 2.61. The molecule has 2 N–H and O–H groups in total. The Bertz CT molecular complexity index is 513. The fourth-order valence-corrected chi connectivity index (χ4v) is 0.829.